The molecule has 10 heteroatoms. The van der Waals surface area contributed by atoms with Gasteiger partial charge in [0, 0.05) is 25.6 Å². The molecule has 0 aromatic heterocycles. The van der Waals surface area contributed by atoms with Gasteiger partial charge in [0.1, 0.15) is 6.04 Å². The van der Waals surface area contributed by atoms with Crippen LogP contribution in [0.1, 0.15) is 45.1 Å². The predicted molar refractivity (Wildman–Crippen MR) is 123 cm³/mol. The van der Waals surface area contributed by atoms with Crippen LogP contribution in [-0.4, -0.2) is 70.2 Å². The van der Waals surface area contributed by atoms with Crippen LogP contribution in [0.15, 0.2) is 30.3 Å². The highest BCUT2D eigenvalue weighted by Crippen LogP contribution is 2.34. The Balaban J connectivity index is 1.73. The van der Waals surface area contributed by atoms with Crippen molar-refractivity contribution in [2.24, 2.45) is 11.3 Å². The molecule has 2 saturated heterocycles. The maximum absolute atomic E-state index is 13.2. The Bertz CT molecular complexity index is 906. The summed E-state index contributed by atoms with van der Waals surface area (Å²) in [7, 11) is 0. The fraction of sp³-hybridized carbons (Fsp3) is 0.583. The third-order valence-electron chi connectivity index (χ3n) is 6.69. The standard InChI is InChI=1S/C24H34N4O6/c1-24(2)9-11-28(23(33)34)18(13-24)21(31)27-17(12-16-8-10-25-20(16)30)19(29)22(32)26-14-15-6-4-3-5-7-15/h3-7,16-19,29H,8-14H2,1-2H3,(H,25,30)(H,26,32)(H,27,31)(H,33,34)/t16-,17?,18-,19?/m0/s1. The van der Waals surface area contributed by atoms with Gasteiger partial charge < -0.3 is 26.2 Å². The summed E-state index contributed by atoms with van der Waals surface area (Å²) in [5.74, 6) is -1.90. The zero-order valence-electron chi connectivity index (χ0n) is 19.6. The van der Waals surface area contributed by atoms with Crippen molar-refractivity contribution in [2.45, 2.75) is 64.3 Å². The summed E-state index contributed by atoms with van der Waals surface area (Å²) in [5, 5.41) is 28.5. The van der Waals surface area contributed by atoms with Gasteiger partial charge in [-0.25, -0.2) is 4.79 Å². The van der Waals surface area contributed by atoms with Crippen LogP contribution in [0.5, 0.6) is 0 Å². The Kier molecular flexibility index (Phi) is 8.14. The Morgan fingerprint density at radius 3 is 2.56 bits per heavy atom. The van der Waals surface area contributed by atoms with Gasteiger partial charge >= 0.3 is 6.09 Å². The average Bonchev–Trinajstić information content (AvgIpc) is 3.20. The van der Waals surface area contributed by atoms with Crippen molar-refractivity contribution < 1.29 is 29.4 Å². The topological polar surface area (TPSA) is 148 Å². The van der Waals surface area contributed by atoms with Gasteiger partial charge in [0.15, 0.2) is 6.10 Å². The second kappa shape index (κ2) is 10.9. The van der Waals surface area contributed by atoms with Gasteiger partial charge in [-0.2, -0.15) is 0 Å². The number of amides is 4. The normalized spacial score (nSPS) is 23.5. The van der Waals surface area contributed by atoms with Crippen molar-refractivity contribution in [3.05, 3.63) is 35.9 Å². The monoisotopic (exact) mass is 474 g/mol. The maximum atomic E-state index is 13.2. The summed E-state index contributed by atoms with van der Waals surface area (Å²) in [4.78, 5) is 50.9. The van der Waals surface area contributed by atoms with Gasteiger partial charge in [-0.05, 0) is 36.7 Å². The lowest BCUT2D eigenvalue weighted by molar-refractivity contribution is -0.136. The molecular formula is C24H34N4O6. The number of hydrogen-bond donors (Lipinski definition) is 5. The van der Waals surface area contributed by atoms with Gasteiger partial charge in [-0.15, -0.1) is 0 Å². The first kappa shape index (κ1) is 25.5. The Morgan fingerprint density at radius 1 is 1.24 bits per heavy atom. The molecule has 1 aromatic carbocycles. The molecular weight excluding hydrogens is 440 g/mol. The largest absolute Gasteiger partial charge is 0.465 e. The number of nitrogens with zero attached hydrogens (tertiary/aromatic N) is 1. The minimum Gasteiger partial charge on any atom is -0.465 e. The summed E-state index contributed by atoms with van der Waals surface area (Å²) in [6.07, 6.45) is -1.25. The number of nitrogens with one attached hydrogen (secondary N) is 3. The molecule has 4 amide bonds. The highest BCUT2D eigenvalue weighted by atomic mass is 16.4. The van der Waals surface area contributed by atoms with Crippen LogP contribution in [0.25, 0.3) is 0 Å². The van der Waals surface area contributed by atoms with Crippen molar-refractivity contribution in [1.82, 2.24) is 20.9 Å². The second-order valence-electron chi connectivity index (χ2n) is 9.89. The van der Waals surface area contributed by atoms with E-state index in [9.17, 15) is 29.4 Å². The molecule has 1 aromatic rings. The number of rotatable bonds is 8. The molecule has 2 heterocycles. The fourth-order valence-electron chi connectivity index (χ4n) is 4.57. The van der Waals surface area contributed by atoms with E-state index in [1.807, 2.05) is 44.2 Å². The molecule has 2 fully saturated rings. The minimum atomic E-state index is -1.60. The molecule has 10 nitrogen and oxygen atoms in total. The lowest BCUT2D eigenvalue weighted by Crippen LogP contribution is -2.59. The maximum Gasteiger partial charge on any atom is 0.407 e. The van der Waals surface area contributed by atoms with E-state index in [2.05, 4.69) is 16.0 Å². The summed E-state index contributed by atoms with van der Waals surface area (Å²) < 4.78 is 0. The molecule has 34 heavy (non-hydrogen) atoms. The second-order valence-corrected chi connectivity index (χ2v) is 9.89. The average molecular weight is 475 g/mol. The molecule has 3 rings (SSSR count). The number of aliphatic hydroxyl groups is 1. The SMILES string of the molecule is CC1(C)CCN(C(=O)O)[C@H](C(=O)NC(C[C@@H]2CCNC2=O)C(O)C(=O)NCc2ccccc2)C1. The van der Waals surface area contributed by atoms with Crippen LogP contribution in [0.2, 0.25) is 0 Å². The molecule has 0 aliphatic carbocycles. The summed E-state index contributed by atoms with van der Waals surface area (Å²) in [6, 6.07) is 7.20. The quantitative estimate of drug-likeness (QED) is 0.377. The number of carbonyl (C=O) groups excluding carboxylic acids is 3. The zero-order valence-corrected chi connectivity index (χ0v) is 19.6. The lowest BCUT2D eigenvalue weighted by atomic mass is 9.78. The molecule has 4 atom stereocenters. The van der Waals surface area contributed by atoms with Crippen molar-refractivity contribution in [1.29, 1.82) is 0 Å². The molecule has 0 saturated carbocycles. The van der Waals surface area contributed by atoms with Crippen LogP contribution in [0, 0.1) is 11.3 Å². The van der Waals surface area contributed by atoms with E-state index >= 15 is 0 Å². The van der Waals surface area contributed by atoms with E-state index < -0.39 is 42.0 Å². The van der Waals surface area contributed by atoms with Crippen LogP contribution in [0.3, 0.4) is 0 Å². The van der Waals surface area contributed by atoms with Crippen molar-refractivity contribution in [3.63, 3.8) is 0 Å². The molecule has 0 bridgehead atoms. The van der Waals surface area contributed by atoms with Crippen molar-refractivity contribution >= 4 is 23.8 Å². The molecule has 0 spiro atoms. The Labute approximate surface area is 199 Å². The third-order valence-corrected chi connectivity index (χ3v) is 6.69. The van der Waals surface area contributed by atoms with E-state index in [4.69, 9.17) is 0 Å². The van der Waals surface area contributed by atoms with Crippen LogP contribution in [0.4, 0.5) is 4.79 Å². The Hall–Kier alpha value is -3.14. The molecule has 2 aliphatic rings. The molecule has 5 N–H and O–H groups in total. The van der Waals surface area contributed by atoms with E-state index in [0.29, 0.717) is 25.8 Å². The van der Waals surface area contributed by atoms with E-state index in [1.165, 1.54) is 0 Å². The van der Waals surface area contributed by atoms with Crippen molar-refractivity contribution in [2.75, 3.05) is 13.1 Å². The third kappa shape index (κ3) is 6.47. The summed E-state index contributed by atoms with van der Waals surface area (Å²) in [5.41, 5.74) is 0.612. The van der Waals surface area contributed by atoms with Gasteiger partial charge in [-0.1, -0.05) is 44.2 Å². The first-order valence-corrected chi connectivity index (χ1v) is 11.6. The van der Waals surface area contributed by atoms with Crippen LogP contribution >= 0.6 is 0 Å². The molecule has 2 aliphatic heterocycles. The number of carboxylic acid groups (broad SMARTS) is 1. The lowest BCUT2D eigenvalue weighted by Gasteiger charge is -2.41. The highest BCUT2D eigenvalue weighted by molar-refractivity contribution is 5.88. The van der Waals surface area contributed by atoms with Crippen LogP contribution in [-0.2, 0) is 20.9 Å². The first-order valence-electron chi connectivity index (χ1n) is 11.6. The van der Waals surface area contributed by atoms with Gasteiger partial charge in [0.25, 0.3) is 5.91 Å². The fourth-order valence-corrected chi connectivity index (χ4v) is 4.57. The number of aliphatic hydroxyl groups excluding tert-OH is 1. The number of hydrogen-bond acceptors (Lipinski definition) is 5. The summed E-state index contributed by atoms with van der Waals surface area (Å²) in [6.45, 7) is 4.85. The number of piperidine rings is 1. The van der Waals surface area contributed by atoms with E-state index in [-0.39, 0.29) is 30.8 Å². The van der Waals surface area contributed by atoms with E-state index in [1.54, 1.807) is 0 Å². The van der Waals surface area contributed by atoms with Gasteiger partial charge in [0.05, 0.1) is 6.04 Å². The minimum absolute atomic E-state index is 0.0701. The van der Waals surface area contributed by atoms with Gasteiger partial charge in [-0.3, -0.25) is 19.3 Å². The first-order chi connectivity index (χ1) is 16.1. The Morgan fingerprint density at radius 2 is 1.94 bits per heavy atom. The highest BCUT2D eigenvalue weighted by Gasteiger charge is 2.42. The van der Waals surface area contributed by atoms with Crippen molar-refractivity contribution in [3.8, 4) is 0 Å². The molecule has 2 unspecified atom stereocenters. The molecule has 0 radical (unpaired) electrons. The smallest absolute Gasteiger partial charge is 0.407 e. The molecule has 186 valence electrons. The van der Waals surface area contributed by atoms with E-state index in [0.717, 1.165) is 10.5 Å². The number of benzene rings is 1. The number of carbonyl (C=O) groups is 4. The summed E-state index contributed by atoms with van der Waals surface area (Å²) >= 11 is 0. The predicted octanol–water partition coefficient (Wildman–Crippen LogP) is 0.843. The van der Waals surface area contributed by atoms with Gasteiger partial charge in [0.2, 0.25) is 11.8 Å². The number of likely N-dealkylation sites (tertiary alicyclic amines) is 1. The zero-order chi connectivity index (χ0) is 24.9. The van der Waals surface area contributed by atoms with Crippen LogP contribution < -0.4 is 16.0 Å².